The molecule has 0 saturated carbocycles. The number of hydrogen-bond acceptors (Lipinski definition) is 2. The van der Waals surface area contributed by atoms with Gasteiger partial charge in [-0.15, -0.1) is 0 Å². The molecule has 94 valence electrons. The van der Waals surface area contributed by atoms with Gasteiger partial charge >= 0.3 is 0 Å². The van der Waals surface area contributed by atoms with E-state index in [0.29, 0.717) is 18.6 Å². The van der Waals surface area contributed by atoms with Crippen LogP contribution in [0.1, 0.15) is 57.8 Å². The van der Waals surface area contributed by atoms with Crippen molar-refractivity contribution in [3.8, 4) is 0 Å². The second kappa shape index (κ2) is 7.86. The van der Waals surface area contributed by atoms with Gasteiger partial charge in [0.1, 0.15) is 0 Å². The molecule has 0 atom stereocenters. The summed E-state index contributed by atoms with van der Waals surface area (Å²) in [6, 6.07) is 0. The van der Waals surface area contributed by atoms with Crippen molar-refractivity contribution in [1.82, 2.24) is 0 Å². The van der Waals surface area contributed by atoms with E-state index in [9.17, 15) is 0 Å². The van der Waals surface area contributed by atoms with E-state index in [0.717, 1.165) is 25.7 Å². The minimum Gasteiger partial charge on any atom is -0.396 e. The topological polar surface area (TPSA) is 40.5 Å². The SMILES string of the molecule is OCCCCC1(CCCCO)C=CCCC1. The number of unbranched alkanes of at least 4 members (excludes halogenated alkanes) is 2. The van der Waals surface area contributed by atoms with E-state index >= 15 is 0 Å². The standard InChI is InChI=1S/C14H26O2/c15-12-6-4-10-14(11-5-7-13-16)8-2-1-3-9-14/h2,8,15-16H,1,3-7,9-13H2. The van der Waals surface area contributed by atoms with Crippen LogP contribution in [-0.4, -0.2) is 23.4 Å². The molecule has 16 heavy (non-hydrogen) atoms. The summed E-state index contributed by atoms with van der Waals surface area (Å²) in [6.45, 7) is 0.632. The Bertz CT molecular complexity index is 189. The molecule has 0 radical (unpaired) electrons. The molecular formula is C14H26O2. The van der Waals surface area contributed by atoms with Gasteiger partial charge in [0, 0.05) is 13.2 Å². The lowest BCUT2D eigenvalue weighted by molar-refractivity contribution is 0.224. The molecule has 0 aromatic rings. The Balaban J connectivity index is 2.40. The normalized spacial score (nSPS) is 18.9. The molecule has 0 saturated heterocycles. The number of rotatable bonds is 8. The zero-order valence-electron chi connectivity index (χ0n) is 10.3. The molecule has 0 aliphatic heterocycles. The molecule has 1 aliphatic rings. The van der Waals surface area contributed by atoms with Crippen LogP contribution in [0.2, 0.25) is 0 Å². The van der Waals surface area contributed by atoms with Gasteiger partial charge in [-0.3, -0.25) is 0 Å². The van der Waals surface area contributed by atoms with E-state index in [1.165, 1.54) is 32.1 Å². The fraction of sp³-hybridized carbons (Fsp3) is 0.857. The molecule has 0 unspecified atom stereocenters. The van der Waals surface area contributed by atoms with Crippen LogP contribution in [-0.2, 0) is 0 Å². The molecule has 0 bridgehead atoms. The maximum Gasteiger partial charge on any atom is 0.0431 e. The maximum atomic E-state index is 8.84. The van der Waals surface area contributed by atoms with Crippen LogP contribution in [0.5, 0.6) is 0 Å². The molecule has 0 spiro atoms. The Labute approximate surface area is 99.4 Å². The Morgan fingerprint density at radius 1 is 0.938 bits per heavy atom. The molecular weight excluding hydrogens is 200 g/mol. The van der Waals surface area contributed by atoms with Crippen molar-refractivity contribution in [2.24, 2.45) is 5.41 Å². The summed E-state index contributed by atoms with van der Waals surface area (Å²) < 4.78 is 0. The van der Waals surface area contributed by atoms with E-state index in [1.807, 2.05) is 0 Å². The number of aliphatic hydroxyl groups excluding tert-OH is 2. The average Bonchev–Trinajstić information content (AvgIpc) is 2.31. The van der Waals surface area contributed by atoms with Gasteiger partial charge in [0.2, 0.25) is 0 Å². The minimum atomic E-state index is 0.316. The van der Waals surface area contributed by atoms with Crippen LogP contribution in [0.25, 0.3) is 0 Å². The molecule has 2 heteroatoms. The smallest absolute Gasteiger partial charge is 0.0431 e. The first-order chi connectivity index (χ1) is 7.83. The summed E-state index contributed by atoms with van der Waals surface area (Å²) in [5, 5.41) is 17.7. The molecule has 0 aromatic heterocycles. The predicted molar refractivity (Wildman–Crippen MR) is 67.3 cm³/mol. The largest absolute Gasteiger partial charge is 0.396 e. The highest BCUT2D eigenvalue weighted by atomic mass is 16.3. The van der Waals surface area contributed by atoms with Crippen molar-refractivity contribution in [3.63, 3.8) is 0 Å². The molecule has 0 heterocycles. The van der Waals surface area contributed by atoms with Crippen molar-refractivity contribution < 1.29 is 10.2 Å². The average molecular weight is 226 g/mol. The van der Waals surface area contributed by atoms with E-state index in [4.69, 9.17) is 10.2 Å². The lowest BCUT2D eigenvalue weighted by atomic mass is 9.72. The van der Waals surface area contributed by atoms with Crippen LogP contribution in [0.4, 0.5) is 0 Å². The summed E-state index contributed by atoms with van der Waals surface area (Å²) >= 11 is 0. The molecule has 2 nitrogen and oxygen atoms in total. The maximum absolute atomic E-state index is 8.84. The Kier molecular flexibility index (Phi) is 6.74. The zero-order chi connectivity index (χ0) is 11.7. The highest BCUT2D eigenvalue weighted by Crippen LogP contribution is 2.40. The van der Waals surface area contributed by atoms with E-state index in [1.54, 1.807) is 0 Å². The van der Waals surface area contributed by atoms with E-state index < -0.39 is 0 Å². The summed E-state index contributed by atoms with van der Waals surface area (Å²) in [5.41, 5.74) is 0.378. The Morgan fingerprint density at radius 2 is 1.56 bits per heavy atom. The predicted octanol–water partition coefficient (Wildman–Crippen LogP) is 3.04. The van der Waals surface area contributed by atoms with Crippen molar-refractivity contribution in [1.29, 1.82) is 0 Å². The van der Waals surface area contributed by atoms with Gasteiger partial charge < -0.3 is 10.2 Å². The van der Waals surface area contributed by atoms with Crippen LogP contribution < -0.4 is 0 Å². The molecule has 0 amide bonds. The first kappa shape index (κ1) is 13.7. The van der Waals surface area contributed by atoms with Crippen LogP contribution in [0.15, 0.2) is 12.2 Å². The van der Waals surface area contributed by atoms with Crippen molar-refractivity contribution >= 4 is 0 Å². The third-order valence-electron chi connectivity index (χ3n) is 3.68. The molecule has 0 fully saturated rings. The van der Waals surface area contributed by atoms with Crippen LogP contribution in [0.3, 0.4) is 0 Å². The molecule has 1 aliphatic carbocycles. The molecule has 0 aromatic carbocycles. The van der Waals surface area contributed by atoms with E-state index in [-0.39, 0.29) is 0 Å². The third-order valence-corrected chi connectivity index (χ3v) is 3.68. The zero-order valence-corrected chi connectivity index (χ0v) is 10.3. The van der Waals surface area contributed by atoms with E-state index in [2.05, 4.69) is 12.2 Å². The van der Waals surface area contributed by atoms with Gasteiger partial charge in [-0.25, -0.2) is 0 Å². The number of hydrogen-bond donors (Lipinski definition) is 2. The Morgan fingerprint density at radius 3 is 2.00 bits per heavy atom. The number of aliphatic hydroxyl groups is 2. The highest BCUT2D eigenvalue weighted by Gasteiger charge is 2.27. The van der Waals surface area contributed by atoms with Crippen LogP contribution >= 0.6 is 0 Å². The quantitative estimate of drug-likeness (QED) is 0.493. The minimum absolute atomic E-state index is 0.316. The van der Waals surface area contributed by atoms with Crippen molar-refractivity contribution in [3.05, 3.63) is 12.2 Å². The highest BCUT2D eigenvalue weighted by molar-refractivity contribution is 5.03. The first-order valence-electron chi connectivity index (χ1n) is 6.72. The fourth-order valence-electron chi connectivity index (χ4n) is 2.71. The Hall–Kier alpha value is -0.340. The summed E-state index contributed by atoms with van der Waals surface area (Å²) in [7, 11) is 0. The van der Waals surface area contributed by atoms with Crippen molar-refractivity contribution in [2.45, 2.75) is 57.8 Å². The second-order valence-electron chi connectivity index (χ2n) is 5.02. The summed E-state index contributed by atoms with van der Waals surface area (Å²) in [5.74, 6) is 0. The van der Waals surface area contributed by atoms with Gasteiger partial charge in [-0.2, -0.15) is 0 Å². The van der Waals surface area contributed by atoms with Crippen LogP contribution in [0, 0.1) is 5.41 Å². The monoisotopic (exact) mass is 226 g/mol. The lowest BCUT2D eigenvalue weighted by Gasteiger charge is -2.33. The first-order valence-corrected chi connectivity index (χ1v) is 6.72. The lowest BCUT2D eigenvalue weighted by Crippen LogP contribution is -2.20. The van der Waals surface area contributed by atoms with Gasteiger partial charge in [0.25, 0.3) is 0 Å². The number of allylic oxidation sites excluding steroid dienone is 2. The van der Waals surface area contributed by atoms with Gasteiger partial charge in [-0.05, 0) is 50.4 Å². The van der Waals surface area contributed by atoms with Gasteiger partial charge in [-0.1, -0.05) is 25.0 Å². The van der Waals surface area contributed by atoms with Gasteiger partial charge in [0.15, 0.2) is 0 Å². The molecule has 2 N–H and O–H groups in total. The van der Waals surface area contributed by atoms with Crippen molar-refractivity contribution in [2.75, 3.05) is 13.2 Å². The summed E-state index contributed by atoms with van der Waals surface area (Å²) in [4.78, 5) is 0. The van der Waals surface area contributed by atoms with Gasteiger partial charge in [0.05, 0.1) is 0 Å². The summed E-state index contributed by atoms with van der Waals surface area (Å²) in [6.07, 6.45) is 15.1. The third kappa shape index (κ3) is 4.67. The second-order valence-corrected chi connectivity index (χ2v) is 5.02. The fourth-order valence-corrected chi connectivity index (χ4v) is 2.71. The molecule has 1 rings (SSSR count).